The molecule has 1 rings (SSSR count). The second-order valence-electron chi connectivity index (χ2n) is 4.35. The summed E-state index contributed by atoms with van der Waals surface area (Å²) in [5, 5.41) is 15.3. The summed E-state index contributed by atoms with van der Waals surface area (Å²) in [5.41, 5.74) is -0.119. The van der Waals surface area contributed by atoms with Gasteiger partial charge < -0.3 is 15.7 Å². The first-order chi connectivity index (χ1) is 7.22. The lowest BCUT2D eigenvalue weighted by Crippen LogP contribution is -2.50. The quantitative estimate of drug-likeness (QED) is 0.621. The van der Waals surface area contributed by atoms with E-state index in [4.69, 9.17) is 0 Å². The monoisotopic (exact) mass is 214 g/mol. The highest BCUT2D eigenvalue weighted by molar-refractivity contribution is 5.75. The molecule has 0 aromatic heterocycles. The lowest BCUT2D eigenvalue weighted by molar-refractivity contribution is -0.120. The van der Waals surface area contributed by atoms with Gasteiger partial charge in [-0.3, -0.25) is 4.79 Å². The second-order valence-corrected chi connectivity index (χ2v) is 4.35. The fourth-order valence-corrected chi connectivity index (χ4v) is 2.19. The predicted molar refractivity (Wildman–Crippen MR) is 59.6 cm³/mol. The van der Waals surface area contributed by atoms with Crippen LogP contribution in [0.15, 0.2) is 0 Å². The van der Waals surface area contributed by atoms with Crippen molar-refractivity contribution in [2.45, 2.75) is 44.1 Å². The van der Waals surface area contributed by atoms with Crippen molar-refractivity contribution in [1.29, 1.82) is 0 Å². The van der Waals surface area contributed by atoms with E-state index in [2.05, 4.69) is 10.6 Å². The van der Waals surface area contributed by atoms with Gasteiger partial charge in [-0.1, -0.05) is 19.3 Å². The molecule has 15 heavy (non-hydrogen) atoms. The summed E-state index contributed by atoms with van der Waals surface area (Å²) in [6, 6.07) is 0. The van der Waals surface area contributed by atoms with Gasteiger partial charge in [0.05, 0.1) is 6.61 Å². The van der Waals surface area contributed by atoms with E-state index in [-0.39, 0.29) is 18.1 Å². The molecule has 4 heteroatoms. The number of aliphatic hydroxyl groups excluding tert-OH is 1. The minimum atomic E-state index is -0.119. The van der Waals surface area contributed by atoms with Gasteiger partial charge in [-0.05, 0) is 12.8 Å². The van der Waals surface area contributed by atoms with E-state index in [1.807, 2.05) is 0 Å². The maximum atomic E-state index is 11.0. The molecule has 1 aliphatic rings. The molecule has 0 spiro atoms. The Kier molecular flexibility index (Phi) is 5.05. The van der Waals surface area contributed by atoms with Crippen LogP contribution in [0.4, 0.5) is 0 Å². The molecule has 0 saturated heterocycles. The van der Waals surface area contributed by atoms with Crippen molar-refractivity contribution in [3.05, 3.63) is 0 Å². The molecule has 0 aromatic carbocycles. The van der Waals surface area contributed by atoms with Crippen LogP contribution in [0.1, 0.15) is 38.5 Å². The van der Waals surface area contributed by atoms with Gasteiger partial charge in [0.15, 0.2) is 0 Å². The Morgan fingerprint density at radius 2 is 2.00 bits per heavy atom. The maximum Gasteiger partial charge on any atom is 0.221 e. The van der Waals surface area contributed by atoms with Gasteiger partial charge >= 0.3 is 0 Å². The molecule has 0 bridgehead atoms. The lowest BCUT2D eigenvalue weighted by Gasteiger charge is -2.36. The third-order valence-electron chi connectivity index (χ3n) is 3.24. The molecule has 4 nitrogen and oxygen atoms in total. The average Bonchev–Trinajstić information content (AvgIpc) is 2.30. The van der Waals surface area contributed by atoms with Crippen molar-refractivity contribution in [2.24, 2.45) is 0 Å². The summed E-state index contributed by atoms with van der Waals surface area (Å²) in [5.74, 6) is 0.0476. The number of carbonyl (C=O) groups excluding carboxylic acids is 1. The summed E-state index contributed by atoms with van der Waals surface area (Å²) in [4.78, 5) is 11.0. The summed E-state index contributed by atoms with van der Waals surface area (Å²) in [6.45, 7) is 0.834. The number of aliphatic hydroxyl groups is 1. The van der Waals surface area contributed by atoms with Crippen molar-refractivity contribution in [3.8, 4) is 0 Å². The van der Waals surface area contributed by atoms with Crippen molar-refractivity contribution in [1.82, 2.24) is 10.6 Å². The first kappa shape index (κ1) is 12.5. The van der Waals surface area contributed by atoms with E-state index in [1.54, 1.807) is 7.05 Å². The van der Waals surface area contributed by atoms with E-state index in [0.29, 0.717) is 13.0 Å². The Labute approximate surface area is 91.4 Å². The highest BCUT2D eigenvalue weighted by Gasteiger charge is 2.30. The van der Waals surface area contributed by atoms with Crippen molar-refractivity contribution < 1.29 is 9.90 Å². The van der Waals surface area contributed by atoms with Gasteiger partial charge in [0.1, 0.15) is 0 Å². The van der Waals surface area contributed by atoms with E-state index in [1.165, 1.54) is 19.3 Å². The summed E-state index contributed by atoms with van der Waals surface area (Å²) in [6.07, 6.45) is 6.15. The normalized spacial score (nSPS) is 19.9. The molecule has 3 N–H and O–H groups in total. The molecule has 0 radical (unpaired) electrons. The SMILES string of the molecule is CNC(=O)CCNC1(CO)CCCCC1. The Balaban J connectivity index is 2.29. The van der Waals surface area contributed by atoms with E-state index in [0.717, 1.165) is 12.8 Å². The lowest BCUT2D eigenvalue weighted by atomic mass is 9.82. The number of hydrogen-bond donors (Lipinski definition) is 3. The molecule has 1 saturated carbocycles. The van der Waals surface area contributed by atoms with E-state index >= 15 is 0 Å². The molecule has 1 amide bonds. The van der Waals surface area contributed by atoms with Crippen LogP contribution < -0.4 is 10.6 Å². The fraction of sp³-hybridized carbons (Fsp3) is 0.909. The van der Waals surface area contributed by atoms with Crippen LogP contribution in [-0.2, 0) is 4.79 Å². The predicted octanol–water partition coefficient (Wildman–Crippen LogP) is 0.407. The van der Waals surface area contributed by atoms with Gasteiger partial charge in [0, 0.05) is 25.6 Å². The van der Waals surface area contributed by atoms with Crippen molar-refractivity contribution >= 4 is 5.91 Å². The molecule has 0 aromatic rings. The number of amides is 1. The molecule has 0 heterocycles. The fourth-order valence-electron chi connectivity index (χ4n) is 2.19. The van der Waals surface area contributed by atoms with E-state index in [9.17, 15) is 9.90 Å². The average molecular weight is 214 g/mol. The Morgan fingerprint density at radius 3 is 2.53 bits per heavy atom. The zero-order valence-electron chi connectivity index (χ0n) is 9.51. The Bertz CT molecular complexity index is 201. The first-order valence-electron chi connectivity index (χ1n) is 5.79. The number of rotatable bonds is 5. The zero-order chi connectivity index (χ0) is 11.1. The van der Waals surface area contributed by atoms with Crippen LogP contribution in [0.2, 0.25) is 0 Å². The standard InChI is InChI=1S/C11H22N2O2/c1-12-10(15)5-8-13-11(9-14)6-3-2-4-7-11/h13-14H,2-9H2,1H3,(H,12,15). The van der Waals surface area contributed by atoms with Gasteiger partial charge in [0.2, 0.25) is 5.91 Å². The highest BCUT2D eigenvalue weighted by atomic mass is 16.3. The first-order valence-corrected chi connectivity index (χ1v) is 5.79. The van der Waals surface area contributed by atoms with Gasteiger partial charge in [0.25, 0.3) is 0 Å². The van der Waals surface area contributed by atoms with Gasteiger partial charge in [-0.15, -0.1) is 0 Å². The van der Waals surface area contributed by atoms with Gasteiger partial charge in [-0.25, -0.2) is 0 Å². The van der Waals surface area contributed by atoms with E-state index < -0.39 is 0 Å². The Morgan fingerprint density at radius 1 is 1.33 bits per heavy atom. The second kappa shape index (κ2) is 6.08. The van der Waals surface area contributed by atoms with Crippen LogP contribution in [-0.4, -0.2) is 36.8 Å². The molecular weight excluding hydrogens is 192 g/mol. The van der Waals surface area contributed by atoms with Crippen LogP contribution >= 0.6 is 0 Å². The third-order valence-corrected chi connectivity index (χ3v) is 3.24. The van der Waals surface area contributed by atoms with Gasteiger partial charge in [-0.2, -0.15) is 0 Å². The molecule has 1 fully saturated rings. The minimum absolute atomic E-state index is 0.0476. The zero-order valence-corrected chi connectivity index (χ0v) is 9.51. The van der Waals surface area contributed by atoms with Crippen LogP contribution in [0.5, 0.6) is 0 Å². The van der Waals surface area contributed by atoms with Crippen molar-refractivity contribution in [3.63, 3.8) is 0 Å². The molecular formula is C11H22N2O2. The molecule has 0 aliphatic heterocycles. The maximum absolute atomic E-state index is 11.0. The number of carbonyl (C=O) groups is 1. The number of nitrogens with one attached hydrogen (secondary N) is 2. The summed E-state index contributed by atoms with van der Waals surface area (Å²) < 4.78 is 0. The largest absolute Gasteiger partial charge is 0.394 e. The third kappa shape index (κ3) is 3.80. The summed E-state index contributed by atoms with van der Waals surface area (Å²) >= 11 is 0. The number of hydrogen-bond acceptors (Lipinski definition) is 3. The topological polar surface area (TPSA) is 61.4 Å². The van der Waals surface area contributed by atoms with Crippen LogP contribution in [0, 0.1) is 0 Å². The molecule has 0 unspecified atom stereocenters. The van der Waals surface area contributed by atoms with Crippen molar-refractivity contribution in [2.75, 3.05) is 20.2 Å². The molecule has 0 atom stereocenters. The smallest absolute Gasteiger partial charge is 0.221 e. The van der Waals surface area contributed by atoms with Crippen LogP contribution in [0.3, 0.4) is 0 Å². The molecule has 88 valence electrons. The van der Waals surface area contributed by atoms with Crippen LogP contribution in [0.25, 0.3) is 0 Å². The Hall–Kier alpha value is -0.610. The highest BCUT2D eigenvalue weighted by Crippen LogP contribution is 2.27. The minimum Gasteiger partial charge on any atom is -0.394 e. The molecule has 1 aliphatic carbocycles. The summed E-state index contributed by atoms with van der Waals surface area (Å²) in [7, 11) is 1.64.